The second-order valence-corrected chi connectivity index (χ2v) is 6.56. The van der Waals surface area contributed by atoms with Gasteiger partial charge < -0.3 is 9.47 Å². The van der Waals surface area contributed by atoms with Gasteiger partial charge in [0.05, 0.1) is 5.56 Å². The van der Waals surface area contributed by atoms with Crippen molar-refractivity contribution < 1.29 is 41.0 Å². The van der Waals surface area contributed by atoms with Crippen LogP contribution < -0.4 is 9.47 Å². The molecule has 0 amide bonds. The third kappa shape index (κ3) is 7.13. The van der Waals surface area contributed by atoms with Crippen LogP contribution in [-0.4, -0.2) is 11.9 Å². The summed E-state index contributed by atoms with van der Waals surface area (Å²) >= 11 is 0. The molecule has 0 bridgehead atoms. The molecule has 0 aliphatic heterocycles. The van der Waals surface area contributed by atoms with E-state index >= 15 is 0 Å². The number of benzene rings is 2. The molecule has 162 valence electrons. The van der Waals surface area contributed by atoms with E-state index in [1.165, 1.54) is 18.2 Å². The van der Waals surface area contributed by atoms with Gasteiger partial charge in [-0.15, -0.1) is 0 Å². The normalized spacial score (nSPS) is 11.3. The Bertz CT molecular complexity index is 909. The van der Waals surface area contributed by atoms with Crippen molar-refractivity contribution in [2.75, 3.05) is 0 Å². The topological polar surface area (TPSA) is 52.6 Å². The minimum Gasteiger partial charge on any atom is -0.427 e. The Labute approximate surface area is 169 Å². The highest BCUT2D eigenvalue weighted by Crippen LogP contribution is 2.33. The summed E-state index contributed by atoms with van der Waals surface area (Å²) < 4.78 is 74.3. The molecule has 2 rings (SSSR count). The minimum absolute atomic E-state index is 0.0784. The van der Waals surface area contributed by atoms with E-state index in [0.29, 0.717) is 37.0 Å². The summed E-state index contributed by atoms with van der Waals surface area (Å²) in [5.41, 5.74) is -1.16. The minimum atomic E-state index is -4.90. The molecule has 0 aliphatic carbocycles. The van der Waals surface area contributed by atoms with Gasteiger partial charge in [0.15, 0.2) is 0 Å². The van der Waals surface area contributed by atoms with Gasteiger partial charge in [-0.2, -0.15) is 13.2 Å². The van der Waals surface area contributed by atoms with E-state index in [-0.39, 0.29) is 18.6 Å². The number of carbonyl (C=O) groups is 2. The predicted molar refractivity (Wildman–Crippen MR) is 96.9 cm³/mol. The maximum absolute atomic E-state index is 13.2. The highest BCUT2D eigenvalue weighted by molar-refractivity contribution is 5.73. The zero-order valence-corrected chi connectivity index (χ0v) is 16.0. The number of aryl methyl sites for hydroxylation is 1. The second kappa shape index (κ2) is 10.2. The van der Waals surface area contributed by atoms with Gasteiger partial charge in [-0.05, 0) is 61.7 Å². The van der Waals surface area contributed by atoms with E-state index in [1.807, 2.05) is 0 Å². The van der Waals surface area contributed by atoms with Crippen LogP contribution in [0.1, 0.15) is 43.2 Å². The number of rotatable bonds is 8. The van der Waals surface area contributed by atoms with Gasteiger partial charge in [0.25, 0.3) is 0 Å². The van der Waals surface area contributed by atoms with Crippen molar-refractivity contribution in [3.63, 3.8) is 0 Å². The first-order chi connectivity index (χ1) is 14.1. The molecule has 0 saturated heterocycles. The van der Waals surface area contributed by atoms with Gasteiger partial charge in [0.1, 0.15) is 23.1 Å². The first kappa shape index (κ1) is 23.3. The first-order valence-corrected chi connectivity index (χ1v) is 9.10. The maximum atomic E-state index is 13.2. The van der Waals surface area contributed by atoms with Gasteiger partial charge >= 0.3 is 18.1 Å². The SMILES string of the molecule is Cc1cc(OC(=O)CCCCCC(=O)Oc2ccc(F)c(C(F)(F)F)c2)ccc1F. The third-order valence-corrected chi connectivity index (χ3v) is 4.10. The Morgan fingerprint density at radius 3 is 1.80 bits per heavy atom. The highest BCUT2D eigenvalue weighted by Gasteiger charge is 2.34. The van der Waals surface area contributed by atoms with Crippen LogP contribution in [0.3, 0.4) is 0 Å². The van der Waals surface area contributed by atoms with Crippen molar-refractivity contribution in [2.45, 2.75) is 45.2 Å². The van der Waals surface area contributed by atoms with Gasteiger partial charge in [-0.3, -0.25) is 9.59 Å². The number of hydrogen-bond acceptors (Lipinski definition) is 4. The van der Waals surface area contributed by atoms with Crippen LogP contribution in [-0.2, 0) is 15.8 Å². The molecule has 0 heterocycles. The zero-order chi connectivity index (χ0) is 22.3. The molecule has 0 unspecified atom stereocenters. The average Bonchev–Trinajstić information content (AvgIpc) is 2.65. The van der Waals surface area contributed by atoms with Gasteiger partial charge in [-0.25, -0.2) is 8.78 Å². The van der Waals surface area contributed by atoms with E-state index in [1.54, 1.807) is 6.92 Å². The quantitative estimate of drug-likeness (QED) is 0.232. The molecule has 2 aromatic carbocycles. The molecule has 0 saturated carbocycles. The second-order valence-electron chi connectivity index (χ2n) is 6.56. The van der Waals surface area contributed by atoms with Crippen molar-refractivity contribution in [1.82, 2.24) is 0 Å². The van der Waals surface area contributed by atoms with Crippen molar-refractivity contribution >= 4 is 11.9 Å². The molecule has 0 radical (unpaired) electrons. The summed E-state index contributed by atoms with van der Waals surface area (Å²) in [6.45, 7) is 1.54. The molecule has 9 heteroatoms. The molecule has 0 atom stereocenters. The molecule has 2 aromatic rings. The molecule has 0 fully saturated rings. The van der Waals surface area contributed by atoms with Gasteiger partial charge in [0, 0.05) is 12.8 Å². The van der Waals surface area contributed by atoms with E-state index in [2.05, 4.69) is 0 Å². The van der Waals surface area contributed by atoms with Crippen LogP contribution in [0.25, 0.3) is 0 Å². The van der Waals surface area contributed by atoms with Crippen LogP contribution in [0, 0.1) is 18.6 Å². The fourth-order valence-electron chi connectivity index (χ4n) is 2.55. The number of unbranched alkanes of at least 4 members (excludes halogenated alkanes) is 2. The number of carbonyl (C=O) groups excluding carboxylic acids is 2. The van der Waals surface area contributed by atoms with Crippen molar-refractivity contribution in [3.8, 4) is 11.5 Å². The fourth-order valence-corrected chi connectivity index (χ4v) is 2.55. The smallest absolute Gasteiger partial charge is 0.419 e. The van der Waals surface area contributed by atoms with Gasteiger partial charge in [-0.1, -0.05) is 6.42 Å². The molecular weight excluding hydrogens is 411 g/mol. The number of esters is 2. The zero-order valence-electron chi connectivity index (χ0n) is 16.0. The van der Waals surface area contributed by atoms with E-state index < -0.39 is 41.1 Å². The lowest BCUT2D eigenvalue weighted by Gasteiger charge is -2.10. The number of halogens is 5. The van der Waals surface area contributed by atoms with Crippen molar-refractivity contribution in [3.05, 3.63) is 59.2 Å². The van der Waals surface area contributed by atoms with E-state index in [9.17, 15) is 31.5 Å². The Morgan fingerprint density at radius 1 is 0.800 bits per heavy atom. The van der Waals surface area contributed by atoms with Crippen LogP contribution in [0.5, 0.6) is 11.5 Å². The van der Waals surface area contributed by atoms with Crippen molar-refractivity contribution in [2.24, 2.45) is 0 Å². The summed E-state index contributed by atoms with van der Waals surface area (Å²) in [4.78, 5) is 23.5. The largest absolute Gasteiger partial charge is 0.427 e. The standard InChI is InChI=1S/C21H19F5O4/c1-13-11-14(7-9-17(13)22)29-19(27)5-3-2-4-6-20(28)30-15-8-10-18(23)16(12-15)21(24,25)26/h7-12H,2-6H2,1H3. The van der Waals surface area contributed by atoms with Gasteiger partial charge in [0.2, 0.25) is 0 Å². The highest BCUT2D eigenvalue weighted by atomic mass is 19.4. The average molecular weight is 430 g/mol. The molecule has 4 nitrogen and oxygen atoms in total. The first-order valence-electron chi connectivity index (χ1n) is 9.10. The molecule has 0 aromatic heterocycles. The fraction of sp³-hybridized carbons (Fsp3) is 0.333. The van der Waals surface area contributed by atoms with Crippen LogP contribution in [0.4, 0.5) is 22.0 Å². The van der Waals surface area contributed by atoms with Crippen LogP contribution >= 0.6 is 0 Å². The summed E-state index contributed by atoms with van der Waals surface area (Å²) in [5.74, 6) is -3.29. The monoisotopic (exact) mass is 430 g/mol. The number of hydrogen-bond donors (Lipinski definition) is 0. The third-order valence-electron chi connectivity index (χ3n) is 4.10. The summed E-state index contributed by atoms with van der Waals surface area (Å²) in [5, 5.41) is 0. The summed E-state index contributed by atoms with van der Waals surface area (Å²) in [7, 11) is 0. The Hall–Kier alpha value is -2.97. The molecule has 0 spiro atoms. The van der Waals surface area contributed by atoms with E-state index in [4.69, 9.17) is 9.47 Å². The molecule has 0 aliphatic rings. The lowest BCUT2D eigenvalue weighted by atomic mass is 10.1. The maximum Gasteiger partial charge on any atom is 0.419 e. The van der Waals surface area contributed by atoms with Crippen molar-refractivity contribution in [1.29, 1.82) is 0 Å². The van der Waals surface area contributed by atoms with Crippen LogP contribution in [0.15, 0.2) is 36.4 Å². The molecule has 30 heavy (non-hydrogen) atoms. The number of ether oxygens (including phenoxy) is 2. The lowest BCUT2D eigenvalue weighted by Crippen LogP contribution is -2.11. The van der Waals surface area contributed by atoms with E-state index in [0.717, 1.165) is 6.07 Å². The Kier molecular flexibility index (Phi) is 7.91. The van der Waals surface area contributed by atoms with Crippen LogP contribution in [0.2, 0.25) is 0 Å². The molecule has 0 N–H and O–H groups in total. The number of alkyl halides is 3. The Morgan fingerprint density at radius 2 is 1.30 bits per heavy atom. The Balaban J connectivity index is 1.70. The lowest BCUT2D eigenvalue weighted by molar-refractivity contribution is -0.141. The summed E-state index contributed by atoms with van der Waals surface area (Å²) in [6.07, 6.45) is -3.66. The predicted octanol–water partition coefficient (Wildman–Crippen LogP) is 5.75. The summed E-state index contributed by atoms with van der Waals surface area (Å²) in [6, 6.07) is 5.90. The molecular formula is C21H19F5O4.